The Balaban J connectivity index is 1.72. The molecule has 0 spiro atoms. The minimum atomic E-state index is -0.984. The summed E-state index contributed by atoms with van der Waals surface area (Å²) in [5, 5.41) is 5.43. The van der Waals surface area contributed by atoms with Crippen LogP contribution in [-0.2, 0) is 16.0 Å². The van der Waals surface area contributed by atoms with Crippen LogP contribution >= 0.6 is 0 Å². The van der Waals surface area contributed by atoms with Crippen LogP contribution in [0.3, 0.4) is 0 Å². The maximum atomic E-state index is 12.6. The fourth-order valence-corrected chi connectivity index (χ4v) is 2.96. The van der Waals surface area contributed by atoms with E-state index in [2.05, 4.69) is 15.4 Å². The highest BCUT2D eigenvalue weighted by molar-refractivity contribution is 5.93. The minimum absolute atomic E-state index is 0.206. The number of aromatic nitrogens is 3. The Bertz CT molecular complexity index is 1060. The third-order valence-electron chi connectivity index (χ3n) is 4.48. The summed E-state index contributed by atoms with van der Waals surface area (Å²) < 4.78 is 6.80. The lowest BCUT2D eigenvalue weighted by Gasteiger charge is -2.19. The standard InChI is InChI=1S/C20H22N4O4/c1-4-16-15(11-21-17-10-18(25)23-24(16)17)20(27)28-13(3)19(26)22-12(2)14-8-6-5-7-9-14/h5-13H,4H2,1-3H3,(H,22,26)(H,23,25). The van der Waals surface area contributed by atoms with E-state index in [-0.39, 0.29) is 17.2 Å². The molecular formula is C20H22N4O4. The molecule has 0 fully saturated rings. The summed E-state index contributed by atoms with van der Waals surface area (Å²) in [4.78, 5) is 40.6. The summed E-state index contributed by atoms with van der Waals surface area (Å²) in [6.45, 7) is 5.22. The summed E-state index contributed by atoms with van der Waals surface area (Å²) in [6, 6.07) is 10.6. The fourth-order valence-electron chi connectivity index (χ4n) is 2.96. The van der Waals surface area contributed by atoms with Gasteiger partial charge >= 0.3 is 5.97 Å². The lowest BCUT2D eigenvalue weighted by Crippen LogP contribution is -2.37. The molecule has 2 unspecified atom stereocenters. The zero-order valence-corrected chi connectivity index (χ0v) is 15.9. The first-order valence-corrected chi connectivity index (χ1v) is 9.06. The second-order valence-electron chi connectivity index (χ2n) is 6.47. The molecule has 0 aliphatic heterocycles. The molecule has 0 saturated carbocycles. The number of aromatic amines is 1. The largest absolute Gasteiger partial charge is 0.449 e. The molecule has 2 N–H and O–H groups in total. The number of rotatable bonds is 6. The lowest BCUT2D eigenvalue weighted by molar-refractivity contribution is -0.129. The van der Waals surface area contributed by atoms with E-state index in [0.717, 1.165) is 5.56 Å². The van der Waals surface area contributed by atoms with Crippen molar-refractivity contribution in [3.8, 4) is 0 Å². The molecule has 0 bridgehead atoms. The van der Waals surface area contributed by atoms with Crippen LogP contribution in [0, 0.1) is 0 Å². The predicted molar refractivity (Wildman–Crippen MR) is 103 cm³/mol. The number of fused-ring (bicyclic) bond motifs is 1. The first kappa shape index (κ1) is 19.3. The van der Waals surface area contributed by atoms with Gasteiger partial charge in [-0.3, -0.25) is 14.7 Å². The van der Waals surface area contributed by atoms with Crippen molar-refractivity contribution >= 4 is 17.5 Å². The Hall–Kier alpha value is -3.42. The van der Waals surface area contributed by atoms with E-state index in [1.165, 1.54) is 23.7 Å². The molecule has 28 heavy (non-hydrogen) atoms. The van der Waals surface area contributed by atoms with Gasteiger partial charge < -0.3 is 10.1 Å². The molecule has 8 nitrogen and oxygen atoms in total. The predicted octanol–water partition coefficient (Wildman–Crippen LogP) is 2.01. The van der Waals surface area contributed by atoms with Crippen molar-refractivity contribution < 1.29 is 14.3 Å². The van der Waals surface area contributed by atoms with Crippen molar-refractivity contribution in [2.75, 3.05) is 0 Å². The van der Waals surface area contributed by atoms with Crippen molar-refractivity contribution in [3.63, 3.8) is 0 Å². The van der Waals surface area contributed by atoms with Gasteiger partial charge in [-0.1, -0.05) is 37.3 Å². The van der Waals surface area contributed by atoms with Crippen molar-refractivity contribution in [1.29, 1.82) is 0 Å². The first-order valence-electron chi connectivity index (χ1n) is 9.06. The molecular weight excluding hydrogens is 360 g/mol. The number of carbonyl (C=O) groups is 2. The van der Waals surface area contributed by atoms with Crippen LogP contribution in [0.1, 0.15) is 48.4 Å². The van der Waals surface area contributed by atoms with E-state index in [0.29, 0.717) is 17.8 Å². The number of H-pyrrole nitrogens is 1. The number of nitrogens with one attached hydrogen (secondary N) is 2. The van der Waals surface area contributed by atoms with E-state index in [1.807, 2.05) is 44.2 Å². The Morgan fingerprint density at radius 3 is 2.64 bits per heavy atom. The van der Waals surface area contributed by atoms with Gasteiger partial charge in [0.15, 0.2) is 11.8 Å². The van der Waals surface area contributed by atoms with Gasteiger partial charge in [0.1, 0.15) is 0 Å². The van der Waals surface area contributed by atoms with Gasteiger partial charge in [0.2, 0.25) is 0 Å². The Kier molecular flexibility index (Phi) is 5.58. The maximum Gasteiger partial charge on any atom is 0.342 e. The highest BCUT2D eigenvalue weighted by Crippen LogP contribution is 2.14. The number of aryl methyl sites for hydroxylation is 1. The zero-order valence-electron chi connectivity index (χ0n) is 15.9. The molecule has 0 aliphatic rings. The van der Waals surface area contributed by atoms with Crippen molar-refractivity contribution in [1.82, 2.24) is 19.9 Å². The molecule has 146 valence electrons. The SMILES string of the molecule is CCc1c(C(=O)OC(C)C(=O)NC(C)c2ccccc2)cnc2cc(=O)[nH]n12. The summed E-state index contributed by atoms with van der Waals surface area (Å²) in [6.07, 6.45) is 0.850. The molecule has 3 aromatic rings. The number of amides is 1. The average Bonchev–Trinajstić information content (AvgIpc) is 3.07. The number of carbonyl (C=O) groups excluding carboxylic acids is 2. The molecule has 0 saturated heterocycles. The van der Waals surface area contributed by atoms with Crippen molar-refractivity contribution in [2.24, 2.45) is 0 Å². The second kappa shape index (κ2) is 8.08. The summed E-state index contributed by atoms with van der Waals surface area (Å²) in [7, 11) is 0. The number of esters is 1. The van der Waals surface area contributed by atoms with Gasteiger partial charge in [0, 0.05) is 12.3 Å². The summed E-state index contributed by atoms with van der Waals surface area (Å²) >= 11 is 0. The first-order chi connectivity index (χ1) is 13.4. The number of benzene rings is 1. The minimum Gasteiger partial charge on any atom is -0.449 e. The third kappa shape index (κ3) is 3.95. The quantitative estimate of drug-likeness (QED) is 0.635. The number of ether oxygens (including phenoxy) is 1. The van der Waals surface area contributed by atoms with Crippen molar-refractivity contribution in [2.45, 2.75) is 39.3 Å². The highest BCUT2D eigenvalue weighted by Gasteiger charge is 2.23. The lowest BCUT2D eigenvalue weighted by atomic mass is 10.1. The molecule has 0 aliphatic carbocycles. The molecule has 2 atom stereocenters. The van der Waals surface area contributed by atoms with Gasteiger partial charge in [0.05, 0.1) is 17.3 Å². The Labute approximate surface area is 161 Å². The Morgan fingerprint density at radius 1 is 1.25 bits per heavy atom. The van der Waals surface area contributed by atoms with Crippen molar-refractivity contribution in [3.05, 3.63) is 69.8 Å². The topological polar surface area (TPSA) is 106 Å². The molecule has 2 aromatic heterocycles. The van der Waals surface area contributed by atoms with E-state index in [1.54, 1.807) is 0 Å². The molecule has 1 aromatic carbocycles. The van der Waals surface area contributed by atoms with Gasteiger partial charge in [-0.2, -0.15) is 0 Å². The van der Waals surface area contributed by atoms with Gasteiger partial charge in [-0.05, 0) is 25.8 Å². The third-order valence-corrected chi connectivity index (χ3v) is 4.48. The van der Waals surface area contributed by atoms with Crippen LogP contribution in [0.25, 0.3) is 5.65 Å². The monoisotopic (exact) mass is 382 g/mol. The maximum absolute atomic E-state index is 12.6. The molecule has 1 amide bonds. The van der Waals surface area contributed by atoms with Gasteiger partial charge in [0.25, 0.3) is 11.5 Å². The average molecular weight is 382 g/mol. The van der Waals surface area contributed by atoms with Crippen LogP contribution in [-0.4, -0.2) is 32.6 Å². The summed E-state index contributed by atoms with van der Waals surface area (Å²) in [5.74, 6) is -1.07. The Morgan fingerprint density at radius 2 is 1.96 bits per heavy atom. The second-order valence-corrected chi connectivity index (χ2v) is 6.47. The number of nitrogens with zero attached hydrogens (tertiary/aromatic N) is 2. The molecule has 2 heterocycles. The normalized spacial score (nSPS) is 13.1. The highest BCUT2D eigenvalue weighted by atomic mass is 16.5. The summed E-state index contributed by atoms with van der Waals surface area (Å²) in [5.41, 5.74) is 1.82. The van der Waals surface area contributed by atoms with Gasteiger partial charge in [-0.15, -0.1) is 0 Å². The molecule has 3 rings (SSSR count). The van der Waals surface area contributed by atoms with E-state index in [9.17, 15) is 14.4 Å². The number of hydrogen-bond acceptors (Lipinski definition) is 5. The zero-order chi connectivity index (χ0) is 20.3. The smallest absolute Gasteiger partial charge is 0.342 e. The van der Waals surface area contributed by atoms with Crippen LogP contribution in [0.2, 0.25) is 0 Å². The van der Waals surface area contributed by atoms with Gasteiger partial charge in [-0.25, -0.2) is 14.3 Å². The van der Waals surface area contributed by atoms with E-state index in [4.69, 9.17) is 4.74 Å². The van der Waals surface area contributed by atoms with E-state index < -0.39 is 18.0 Å². The van der Waals surface area contributed by atoms with Crippen LogP contribution in [0.5, 0.6) is 0 Å². The fraction of sp³-hybridized carbons (Fsp3) is 0.300. The van der Waals surface area contributed by atoms with Crippen LogP contribution < -0.4 is 10.9 Å². The van der Waals surface area contributed by atoms with E-state index >= 15 is 0 Å². The molecule has 0 radical (unpaired) electrons. The molecule has 8 heteroatoms. The van der Waals surface area contributed by atoms with Crippen LogP contribution in [0.15, 0.2) is 47.4 Å². The number of hydrogen-bond donors (Lipinski definition) is 2. The van der Waals surface area contributed by atoms with Crippen LogP contribution in [0.4, 0.5) is 0 Å².